The molecule has 0 atom stereocenters. The Kier molecular flexibility index (Phi) is 8.97. The summed E-state index contributed by atoms with van der Waals surface area (Å²) in [6, 6.07) is 15.4. The van der Waals surface area contributed by atoms with Crippen LogP contribution < -0.4 is 14.8 Å². The Morgan fingerprint density at radius 1 is 0.972 bits per heavy atom. The van der Waals surface area contributed by atoms with Gasteiger partial charge >= 0.3 is 0 Å². The van der Waals surface area contributed by atoms with E-state index >= 15 is 0 Å². The lowest BCUT2D eigenvalue weighted by molar-refractivity contribution is -0.121. The van der Waals surface area contributed by atoms with Crippen LogP contribution in [0.3, 0.4) is 0 Å². The number of nitrogens with zero attached hydrogens (tertiary/aromatic N) is 1. The summed E-state index contributed by atoms with van der Waals surface area (Å²) in [6.07, 6.45) is 0.404. The highest BCUT2D eigenvalue weighted by molar-refractivity contribution is 6.74. The maximum atomic E-state index is 11.7. The molecule has 1 N–H and O–H groups in total. The maximum absolute atomic E-state index is 11.7. The molecule has 0 aliphatic carbocycles. The highest BCUT2D eigenvalue weighted by atomic mass is 28.4. The molecule has 0 saturated carbocycles. The van der Waals surface area contributed by atoms with Crippen molar-refractivity contribution in [1.29, 1.82) is 0 Å². The van der Waals surface area contributed by atoms with E-state index in [2.05, 4.69) is 44.2 Å². The van der Waals surface area contributed by atoms with Crippen molar-refractivity contribution in [2.75, 3.05) is 20.3 Å². The van der Waals surface area contributed by atoms with Gasteiger partial charge in [-0.1, -0.05) is 27.7 Å². The minimum Gasteiger partial charge on any atom is -0.497 e. The lowest BCUT2D eigenvalue weighted by Gasteiger charge is -2.36. The Morgan fingerprint density at radius 2 is 1.58 bits per heavy atom. The third-order valence-corrected chi connectivity index (χ3v) is 11.1. The van der Waals surface area contributed by atoms with Crippen LogP contribution in [-0.2, 0) is 15.8 Å². The number of hydrogen-bond donors (Lipinski definition) is 1. The second-order valence-electron chi connectivity index (χ2n) is 10.1. The molecule has 0 bridgehead atoms. The van der Waals surface area contributed by atoms with Crippen molar-refractivity contribution >= 4 is 14.2 Å². The zero-order valence-electron chi connectivity index (χ0n) is 22.4. The van der Waals surface area contributed by atoms with Gasteiger partial charge in [-0.15, -0.1) is 0 Å². The van der Waals surface area contributed by atoms with E-state index in [9.17, 15) is 4.79 Å². The van der Waals surface area contributed by atoms with Crippen molar-refractivity contribution in [2.24, 2.45) is 0 Å². The summed E-state index contributed by atoms with van der Waals surface area (Å²) in [5, 5.41) is 3.00. The number of carbonyl (C=O) groups is 1. The van der Waals surface area contributed by atoms with Crippen molar-refractivity contribution in [3.63, 3.8) is 0 Å². The van der Waals surface area contributed by atoms with E-state index in [0.29, 0.717) is 37.0 Å². The number of nitrogens with one attached hydrogen (secondary N) is 1. The Morgan fingerprint density at radius 3 is 2.17 bits per heavy atom. The lowest BCUT2D eigenvalue weighted by Crippen LogP contribution is -2.41. The van der Waals surface area contributed by atoms with Gasteiger partial charge < -0.3 is 23.6 Å². The first-order valence-corrected chi connectivity index (χ1v) is 15.2. The van der Waals surface area contributed by atoms with Gasteiger partial charge in [-0.2, -0.15) is 0 Å². The summed E-state index contributed by atoms with van der Waals surface area (Å²) in [5.74, 6) is 2.55. The van der Waals surface area contributed by atoms with E-state index in [-0.39, 0.29) is 17.5 Å². The number of oxazole rings is 1. The van der Waals surface area contributed by atoms with E-state index in [1.54, 1.807) is 7.11 Å². The van der Waals surface area contributed by atoms with Crippen LogP contribution in [0.5, 0.6) is 11.5 Å². The average Bonchev–Trinajstić information content (AvgIpc) is 3.29. The lowest BCUT2D eigenvalue weighted by atomic mass is 10.1. The number of hydrogen-bond acceptors (Lipinski definition) is 6. The first kappa shape index (κ1) is 27.5. The largest absolute Gasteiger partial charge is 0.497 e. The van der Waals surface area contributed by atoms with Gasteiger partial charge in [0.2, 0.25) is 11.8 Å². The first-order valence-electron chi connectivity index (χ1n) is 12.3. The summed E-state index contributed by atoms with van der Waals surface area (Å²) in [4.78, 5) is 16.4. The standard InChI is InChI=1S/C28H38N2O5Si/c1-8-24(31)29-19-25-30-26(20-9-13-22(32-5)14-10-20)27(35-25)21-11-15-23(16-12-21)33-17-18-34-36(6,7)28(2,3)4/h9-16H,8,17-19H2,1-7H3,(H,29,31). The Bertz CT molecular complexity index is 1130. The van der Waals surface area contributed by atoms with Gasteiger partial charge in [0.05, 0.1) is 20.3 Å². The molecule has 8 heteroatoms. The molecule has 0 unspecified atom stereocenters. The van der Waals surface area contributed by atoms with Crippen molar-refractivity contribution in [2.45, 2.75) is 58.8 Å². The quantitative estimate of drug-likeness (QED) is 0.236. The van der Waals surface area contributed by atoms with Gasteiger partial charge in [0, 0.05) is 17.5 Å². The summed E-state index contributed by atoms with van der Waals surface area (Å²) in [6.45, 7) is 14.3. The first-order chi connectivity index (χ1) is 17.0. The van der Waals surface area contributed by atoms with Crippen LogP contribution in [0.15, 0.2) is 52.9 Å². The fraction of sp³-hybridized carbons (Fsp3) is 0.429. The molecule has 3 aromatic rings. The van der Waals surface area contributed by atoms with Gasteiger partial charge in [0.25, 0.3) is 0 Å². The molecule has 7 nitrogen and oxygen atoms in total. The van der Waals surface area contributed by atoms with Crippen LogP contribution in [-0.4, -0.2) is 39.5 Å². The summed E-state index contributed by atoms with van der Waals surface area (Å²) >= 11 is 0. The second-order valence-corrected chi connectivity index (χ2v) is 14.9. The molecule has 194 valence electrons. The molecule has 0 fully saturated rings. The molecule has 1 heterocycles. The average molecular weight is 511 g/mol. The summed E-state index contributed by atoms with van der Waals surface area (Å²) < 4.78 is 23.5. The zero-order valence-corrected chi connectivity index (χ0v) is 23.4. The Labute approximate surface area is 215 Å². The molecule has 0 aliphatic heterocycles. The van der Waals surface area contributed by atoms with Crippen LogP contribution in [0.25, 0.3) is 22.6 Å². The number of methoxy groups -OCH3 is 1. The smallest absolute Gasteiger partial charge is 0.220 e. The molecule has 36 heavy (non-hydrogen) atoms. The monoisotopic (exact) mass is 510 g/mol. The highest BCUT2D eigenvalue weighted by Gasteiger charge is 2.36. The van der Waals surface area contributed by atoms with Crippen molar-refractivity contribution in [3.05, 3.63) is 54.4 Å². The van der Waals surface area contributed by atoms with E-state index in [1.165, 1.54) is 0 Å². The van der Waals surface area contributed by atoms with Crippen LogP contribution in [0.1, 0.15) is 40.0 Å². The topological polar surface area (TPSA) is 82.8 Å². The predicted octanol–water partition coefficient (Wildman–Crippen LogP) is 6.44. The summed E-state index contributed by atoms with van der Waals surface area (Å²) in [7, 11) is -0.155. The SMILES string of the molecule is CCC(=O)NCc1nc(-c2ccc(OC)cc2)c(-c2ccc(OCCO[Si](C)(C)C(C)(C)C)cc2)o1. The van der Waals surface area contributed by atoms with Gasteiger partial charge in [0.15, 0.2) is 14.1 Å². The van der Waals surface area contributed by atoms with Crippen LogP contribution in [0.2, 0.25) is 18.1 Å². The maximum Gasteiger partial charge on any atom is 0.220 e. The minimum absolute atomic E-state index is 0.0558. The number of rotatable bonds is 11. The molecule has 0 saturated heterocycles. The third kappa shape index (κ3) is 6.98. The molecule has 0 spiro atoms. The van der Waals surface area contributed by atoms with E-state index < -0.39 is 8.32 Å². The van der Waals surface area contributed by atoms with Gasteiger partial charge in [-0.25, -0.2) is 4.98 Å². The van der Waals surface area contributed by atoms with Crippen LogP contribution in [0.4, 0.5) is 0 Å². The van der Waals surface area contributed by atoms with Crippen molar-refractivity contribution < 1.29 is 23.1 Å². The second kappa shape index (κ2) is 11.8. The van der Waals surface area contributed by atoms with Crippen molar-refractivity contribution in [3.8, 4) is 34.1 Å². The van der Waals surface area contributed by atoms with Gasteiger partial charge in [-0.05, 0) is 66.7 Å². The molecule has 0 aliphatic rings. The number of benzene rings is 2. The predicted molar refractivity (Wildman–Crippen MR) is 145 cm³/mol. The molecule has 1 aromatic heterocycles. The molecule has 1 amide bonds. The van der Waals surface area contributed by atoms with E-state index in [1.807, 2.05) is 55.5 Å². The molecular weight excluding hydrogens is 472 g/mol. The molecular formula is C28H38N2O5Si. The highest BCUT2D eigenvalue weighted by Crippen LogP contribution is 2.37. The molecule has 2 aromatic carbocycles. The van der Waals surface area contributed by atoms with Crippen LogP contribution in [0, 0.1) is 0 Å². The number of aromatic nitrogens is 1. The summed E-state index contributed by atoms with van der Waals surface area (Å²) in [5.41, 5.74) is 2.46. The zero-order chi connectivity index (χ0) is 26.3. The molecule has 3 rings (SSSR count). The van der Waals surface area contributed by atoms with E-state index in [4.69, 9.17) is 18.3 Å². The van der Waals surface area contributed by atoms with Crippen molar-refractivity contribution in [1.82, 2.24) is 10.3 Å². The minimum atomic E-state index is -1.79. The number of ether oxygens (including phenoxy) is 2. The Hall–Kier alpha value is -3.10. The number of amides is 1. The fourth-order valence-corrected chi connectivity index (χ4v) is 4.28. The normalized spacial score (nSPS) is 11.9. The molecule has 0 radical (unpaired) electrons. The van der Waals surface area contributed by atoms with E-state index in [0.717, 1.165) is 22.6 Å². The Balaban J connectivity index is 1.75. The van der Waals surface area contributed by atoms with Gasteiger partial charge in [-0.3, -0.25) is 4.79 Å². The van der Waals surface area contributed by atoms with Gasteiger partial charge in [0.1, 0.15) is 23.8 Å². The fourth-order valence-electron chi connectivity index (χ4n) is 3.25. The van der Waals surface area contributed by atoms with Crippen LogP contribution >= 0.6 is 0 Å². The number of carbonyl (C=O) groups excluding carboxylic acids is 1. The third-order valence-electron chi connectivity index (χ3n) is 6.53.